The Hall–Kier alpha value is -1.26. The van der Waals surface area contributed by atoms with E-state index in [1.807, 2.05) is 0 Å². The molecule has 0 aliphatic rings. The van der Waals surface area contributed by atoms with E-state index in [0.717, 1.165) is 29.3 Å². The van der Waals surface area contributed by atoms with Crippen molar-refractivity contribution in [1.29, 1.82) is 0 Å². The summed E-state index contributed by atoms with van der Waals surface area (Å²) in [5.74, 6) is 0. The fourth-order valence-corrected chi connectivity index (χ4v) is 2.48. The molecule has 2 aromatic rings. The van der Waals surface area contributed by atoms with Crippen molar-refractivity contribution in [3.63, 3.8) is 0 Å². The Morgan fingerprint density at radius 1 is 1.00 bits per heavy atom. The van der Waals surface area contributed by atoms with Crippen molar-refractivity contribution in [3.8, 4) is 0 Å². The Morgan fingerprint density at radius 2 is 1.65 bits per heavy atom. The lowest BCUT2D eigenvalue weighted by atomic mass is 10.1. The molecule has 4 heteroatoms. The van der Waals surface area contributed by atoms with Gasteiger partial charge in [-0.25, -0.2) is 0 Å². The van der Waals surface area contributed by atoms with E-state index >= 15 is 0 Å². The zero-order chi connectivity index (χ0) is 12.1. The summed E-state index contributed by atoms with van der Waals surface area (Å²) in [6, 6.07) is 8.65. The SMILES string of the molecule is Cc1ccc(CCc2nnc(CCN)s2)cc1. The van der Waals surface area contributed by atoms with Crippen molar-refractivity contribution in [2.24, 2.45) is 5.73 Å². The van der Waals surface area contributed by atoms with Gasteiger partial charge in [0.05, 0.1) is 0 Å². The van der Waals surface area contributed by atoms with Crippen LogP contribution in [0.3, 0.4) is 0 Å². The topological polar surface area (TPSA) is 51.8 Å². The van der Waals surface area contributed by atoms with Gasteiger partial charge in [-0.1, -0.05) is 29.8 Å². The van der Waals surface area contributed by atoms with Crippen molar-refractivity contribution in [3.05, 3.63) is 45.4 Å². The Bertz CT molecular complexity index is 462. The van der Waals surface area contributed by atoms with Crippen LogP contribution in [0.2, 0.25) is 0 Å². The molecular weight excluding hydrogens is 230 g/mol. The molecular formula is C13H17N3S. The van der Waals surface area contributed by atoms with E-state index in [4.69, 9.17) is 5.73 Å². The lowest BCUT2D eigenvalue weighted by molar-refractivity contribution is 0.870. The van der Waals surface area contributed by atoms with Gasteiger partial charge in [-0.2, -0.15) is 0 Å². The second kappa shape index (κ2) is 5.89. The third-order valence-electron chi connectivity index (χ3n) is 2.62. The molecule has 0 unspecified atom stereocenters. The Labute approximate surface area is 106 Å². The fraction of sp³-hybridized carbons (Fsp3) is 0.385. The predicted molar refractivity (Wildman–Crippen MR) is 71.3 cm³/mol. The standard InChI is InChI=1S/C13H17N3S/c1-10-2-4-11(5-3-10)6-7-12-15-16-13(17-12)8-9-14/h2-5H,6-9,14H2,1H3. The molecule has 0 saturated heterocycles. The summed E-state index contributed by atoms with van der Waals surface area (Å²) in [5, 5.41) is 10.5. The predicted octanol–water partition coefficient (Wildman–Crippen LogP) is 2.13. The molecule has 0 saturated carbocycles. The lowest BCUT2D eigenvalue weighted by Gasteiger charge is -1.99. The lowest BCUT2D eigenvalue weighted by Crippen LogP contribution is -2.01. The number of hydrogen-bond donors (Lipinski definition) is 1. The van der Waals surface area contributed by atoms with Crippen LogP contribution in [0.15, 0.2) is 24.3 Å². The van der Waals surface area contributed by atoms with Crippen LogP contribution in [0.5, 0.6) is 0 Å². The average molecular weight is 247 g/mol. The van der Waals surface area contributed by atoms with Crippen molar-refractivity contribution in [1.82, 2.24) is 10.2 Å². The number of nitrogens with two attached hydrogens (primary N) is 1. The maximum atomic E-state index is 5.49. The number of rotatable bonds is 5. The van der Waals surface area contributed by atoms with E-state index in [9.17, 15) is 0 Å². The summed E-state index contributed by atoms with van der Waals surface area (Å²) in [6.45, 7) is 2.75. The third-order valence-corrected chi connectivity index (χ3v) is 3.66. The van der Waals surface area contributed by atoms with Crippen LogP contribution in [-0.2, 0) is 19.3 Å². The van der Waals surface area contributed by atoms with Crippen LogP contribution in [0.4, 0.5) is 0 Å². The van der Waals surface area contributed by atoms with E-state index in [0.29, 0.717) is 6.54 Å². The van der Waals surface area contributed by atoms with Crippen LogP contribution in [-0.4, -0.2) is 16.7 Å². The highest BCUT2D eigenvalue weighted by Gasteiger charge is 2.03. The van der Waals surface area contributed by atoms with E-state index in [-0.39, 0.29) is 0 Å². The van der Waals surface area contributed by atoms with Gasteiger partial charge in [0.25, 0.3) is 0 Å². The van der Waals surface area contributed by atoms with Gasteiger partial charge >= 0.3 is 0 Å². The molecule has 90 valence electrons. The minimum absolute atomic E-state index is 0.645. The first-order valence-corrected chi connectivity index (χ1v) is 6.66. The van der Waals surface area contributed by atoms with Gasteiger partial charge in [0.2, 0.25) is 0 Å². The Morgan fingerprint density at radius 3 is 2.29 bits per heavy atom. The maximum Gasteiger partial charge on any atom is 0.118 e. The minimum atomic E-state index is 0.645. The van der Waals surface area contributed by atoms with Crippen LogP contribution >= 0.6 is 11.3 Å². The van der Waals surface area contributed by atoms with Gasteiger partial charge < -0.3 is 5.73 Å². The molecule has 0 aliphatic heterocycles. The molecule has 2 rings (SSSR count). The normalized spacial score (nSPS) is 10.7. The summed E-state index contributed by atoms with van der Waals surface area (Å²) in [6.07, 6.45) is 2.82. The number of aryl methyl sites for hydroxylation is 3. The first kappa shape index (κ1) is 12.2. The molecule has 0 amide bonds. The molecule has 0 aliphatic carbocycles. The number of benzene rings is 1. The van der Waals surface area contributed by atoms with Crippen molar-refractivity contribution >= 4 is 11.3 Å². The van der Waals surface area contributed by atoms with Gasteiger partial charge in [0.15, 0.2) is 0 Å². The van der Waals surface area contributed by atoms with Gasteiger partial charge in [0, 0.05) is 12.8 Å². The molecule has 0 bridgehead atoms. The molecule has 1 heterocycles. The van der Waals surface area contributed by atoms with Crippen LogP contribution in [0, 0.1) is 6.92 Å². The molecule has 3 nitrogen and oxygen atoms in total. The Kier molecular flexibility index (Phi) is 4.23. The van der Waals surface area contributed by atoms with Gasteiger partial charge in [0.1, 0.15) is 10.0 Å². The molecule has 0 spiro atoms. The third kappa shape index (κ3) is 3.61. The second-order valence-electron chi connectivity index (χ2n) is 4.11. The van der Waals surface area contributed by atoms with E-state index in [1.54, 1.807) is 11.3 Å². The van der Waals surface area contributed by atoms with Crippen LogP contribution in [0.1, 0.15) is 21.1 Å². The highest BCUT2D eigenvalue weighted by molar-refractivity contribution is 7.11. The summed E-state index contributed by atoms with van der Waals surface area (Å²) in [4.78, 5) is 0. The maximum absolute atomic E-state index is 5.49. The van der Waals surface area contributed by atoms with Crippen LogP contribution in [0.25, 0.3) is 0 Å². The molecule has 0 atom stereocenters. The second-order valence-corrected chi connectivity index (χ2v) is 5.26. The van der Waals surface area contributed by atoms with E-state index in [1.165, 1.54) is 11.1 Å². The zero-order valence-electron chi connectivity index (χ0n) is 10.0. The zero-order valence-corrected chi connectivity index (χ0v) is 10.8. The quantitative estimate of drug-likeness (QED) is 0.880. The summed E-state index contributed by atoms with van der Waals surface area (Å²) >= 11 is 1.68. The molecule has 0 radical (unpaired) electrons. The first-order chi connectivity index (χ1) is 8.28. The van der Waals surface area contributed by atoms with E-state index < -0.39 is 0 Å². The van der Waals surface area contributed by atoms with Crippen molar-refractivity contribution < 1.29 is 0 Å². The summed E-state index contributed by atoms with van der Waals surface area (Å²) in [7, 11) is 0. The number of nitrogens with zero attached hydrogens (tertiary/aromatic N) is 2. The highest BCUT2D eigenvalue weighted by Crippen LogP contribution is 2.13. The number of hydrogen-bond acceptors (Lipinski definition) is 4. The summed E-state index contributed by atoms with van der Waals surface area (Å²) < 4.78 is 0. The monoisotopic (exact) mass is 247 g/mol. The van der Waals surface area contributed by atoms with Gasteiger partial charge in [-0.3, -0.25) is 0 Å². The molecule has 0 fully saturated rings. The smallest absolute Gasteiger partial charge is 0.118 e. The van der Waals surface area contributed by atoms with Crippen molar-refractivity contribution in [2.75, 3.05) is 6.54 Å². The Balaban J connectivity index is 1.90. The molecule has 1 aromatic carbocycles. The first-order valence-electron chi connectivity index (χ1n) is 5.85. The van der Waals surface area contributed by atoms with Gasteiger partial charge in [-0.15, -0.1) is 21.5 Å². The molecule has 1 aromatic heterocycles. The fourth-order valence-electron chi connectivity index (χ4n) is 1.62. The van der Waals surface area contributed by atoms with Crippen LogP contribution < -0.4 is 5.73 Å². The van der Waals surface area contributed by atoms with E-state index in [2.05, 4.69) is 41.4 Å². The van der Waals surface area contributed by atoms with Crippen molar-refractivity contribution in [2.45, 2.75) is 26.2 Å². The molecule has 2 N–H and O–H groups in total. The summed E-state index contributed by atoms with van der Waals surface area (Å²) in [5.41, 5.74) is 8.14. The largest absolute Gasteiger partial charge is 0.330 e. The highest BCUT2D eigenvalue weighted by atomic mass is 32.1. The average Bonchev–Trinajstić information content (AvgIpc) is 2.77. The minimum Gasteiger partial charge on any atom is -0.330 e. The van der Waals surface area contributed by atoms with Gasteiger partial charge in [-0.05, 0) is 25.5 Å². The number of aromatic nitrogens is 2. The molecule has 17 heavy (non-hydrogen) atoms.